The standard InChI is InChI=1S/C22H30BrN4O6PS/c1-22(2,3)19-18(28)17(21(29)27(19)12-8-6-7-11-23)20-24-15-10-9-14(26-35(5,31)32)13-16(15)34(30,25-20)33-4/h7,9-11,13,26,28-29H,6,8,12H2,1-5H3,(H,24,25,30). The van der Waals surface area contributed by atoms with Crippen molar-refractivity contribution in [1.29, 1.82) is 0 Å². The molecule has 0 bridgehead atoms. The third-order valence-corrected chi connectivity index (χ3v) is 8.25. The average Bonchev–Trinajstić information content (AvgIpc) is 3.00. The zero-order chi connectivity index (χ0) is 26.2. The lowest BCUT2D eigenvalue weighted by Crippen LogP contribution is -2.26. The molecular weight excluding hydrogens is 559 g/mol. The van der Waals surface area contributed by atoms with Crippen LogP contribution in [0.4, 0.5) is 11.4 Å². The fraction of sp³-hybridized carbons (Fsp3) is 0.409. The predicted octanol–water partition coefficient (Wildman–Crippen LogP) is 4.59. The molecule has 2 aromatic rings. The van der Waals surface area contributed by atoms with Crippen molar-refractivity contribution >= 4 is 56.0 Å². The fourth-order valence-electron chi connectivity index (χ4n) is 3.96. The van der Waals surface area contributed by atoms with Crippen molar-refractivity contribution in [2.75, 3.05) is 23.4 Å². The van der Waals surface area contributed by atoms with Gasteiger partial charge in [-0.15, -0.1) is 0 Å². The summed E-state index contributed by atoms with van der Waals surface area (Å²) in [4.78, 5) is 1.77. The SMILES string of the molecule is COP1(=O)N=C(c2c(O)c(C(C)(C)C)n(CCCC=CBr)c2O)Nc2ccc(NS(C)(=O)=O)cc21. The van der Waals surface area contributed by atoms with Crippen LogP contribution in [0.5, 0.6) is 11.6 Å². The van der Waals surface area contributed by atoms with Crippen LogP contribution in [-0.4, -0.2) is 42.4 Å². The lowest BCUT2D eigenvalue weighted by atomic mass is 9.91. The maximum atomic E-state index is 13.7. The Kier molecular flexibility index (Phi) is 7.81. The van der Waals surface area contributed by atoms with Gasteiger partial charge in [-0.05, 0) is 36.0 Å². The summed E-state index contributed by atoms with van der Waals surface area (Å²) in [5.74, 6) is -0.382. The summed E-state index contributed by atoms with van der Waals surface area (Å²) in [6.07, 6.45) is 4.43. The third-order valence-electron chi connectivity index (χ3n) is 5.34. The molecule has 4 N–H and O–H groups in total. The van der Waals surface area contributed by atoms with Gasteiger partial charge in [0.05, 0.1) is 22.9 Å². The van der Waals surface area contributed by atoms with E-state index in [4.69, 9.17) is 4.52 Å². The van der Waals surface area contributed by atoms with E-state index in [0.29, 0.717) is 24.3 Å². The molecule has 3 rings (SSSR count). The van der Waals surface area contributed by atoms with E-state index in [-0.39, 0.29) is 34.0 Å². The first-order valence-corrected chi connectivity index (χ1v) is 15.2. The van der Waals surface area contributed by atoms with Crippen LogP contribution < -0.4 is 15.3 Å². The molecule has 1 atom stereocenters. The summed E-state index contributed by atoms with van der Waals surface area (Å²) in [6, 6.07) is 4.42. The highest BCUT2D eigenvalue weighted by Crippen LogP contribution is 2.53. The molecule has 1 aliphatic rings. The molecule has 13 heteroatoms. The minimum absolute atomic E-state index is 0.00823. The Morgan fingerprint density at radius 1 is 1.31 bits per heavy atom. The molecule has 2 heterocycles. The molecule has 10 nitrogen and oxygen atoms in total. The number of halogens is 1. The van der Waals surface area contributed by atoms with Gasteiger partial charge in [-0.2, -0.15) is 4.76 Å². The van der Waals surface area contributed by atoms with Crippen molar-refractivity contribution in [2.24, 2.45) is 4.76 Å². The Bertz CT molecular complexity index is 1340. The second-order valence-corrected chi connectivity index (χ2v) is 13.5. The van der Waals surface area contributed by atoms with Gasteiger partial charge in [0.2, 0.25) is 15.9 Å². The number of unbranched alkanes of at least 4 members (excludes halogenated alkanes) is 1. The number of sulfonamides is 1. The van der Waals surface area contributed by atoms with Gasteiger partial charge in [-0.3, -0.25) is 9.29 Å². The van der Waals surface area contributed by atoms with Gasteiger partial charge in [-0.25, -0.2) is 8.42 Å². The maximum Gasteiger partial charge on any atom is 0.348 e. The van der Waals surface area contributed by atoms with Gasteiger partial charge in [0.1, 0.15) is 5.56 Å². The Morgan fingerprint density at radius 2 is 2.00 bits per heavy atom. The summed E-state index contributed by atoms with van der Waals surface area (Å²) in [5, 5.41) is 25.6. The van der Waals surface area contributed by atoms with Crippen LogP contribution >= 0.6 is 23.4 Å². The molecule has 0 spiro atoms. The summed E-state index contributed by atoms with van der Waals surface area (Å²) in [7, 11) is -6.19. The molecule has 0 radical (unpaired) electrons. The molecule has 1 unspecified atom stereocenters. The quantitative estimate of drug-likeness (QED) is 0.261. The van der Waals surface area contributed by atoms with E-state index >= 15 is 0 Å². The van der Waals surface area contributed by atoms with Crippen LogP contribution in [0.2, 0.25) is 0 Å². The van der Waals surface area contributed by atoms with E-state index in [1.807, 2.05) is 26.8 Å². The number of anilines is 2. The van der Waals surface area contributed by atoms with Gasteiger partial charge in [-0.1, -0.05) is 42.8 Å². The number of amidine groups is 1. The van der Waals surface area contributed by atoms with Crippen molar-refractivity contribution in [3.8, 4) is 11.6 Å². The molecule has 0 aliphatic carbocycles. The number of rotatable bonds is 8. The molecule has 0 fully saturated rings. The highest BCUT2D eigenvalue weighted by Gasteiger charge is 2.38. The van der Waals surface area contributed by atoms with Gasteiger partial charge in [0.15, 0.2) is 11.6 Å². The minimum atomic E-state index is -3.87. The van der Waals surface area contributed by atoms with E-state index < -0.39 is 23.0 Å². The molecule has 0 saturated carbocycles. The number of allylic oxidation sites excluding steroid dienone is 1. The lowest BCUT2D eigenvalue weighted by molar-refractivity contribution is 0.388. The van der Waals surface area contributed by atoms with E-state index in [9.17, 15) is 23.2 Å². The zero-order valence-electron chi connectivity index (χ0n) is 20.2. The fourth-order valence-corrected chi connectivity index (χ4v) is 6.31. The van der Waals surface area contributed by atoms with Crippen molar-refractivity contribution in [3.63, 3.8) is 0 Å². The van der Waals surface area contributed by atoms with Crippen LogP contribution in [0.3, 0.4) is 0 Å². The third kappa shape index (κ3) is 5.77. The van der Waals surface area contributed by atoms with Crippen LogP contribution in [-0.2, 0) is 31.1 Å². The smallest absolute Gasteiger partial charge is 0.348 e. The first-order chi connectivity index (χ1) is 16.2. The number of hydrogen-bond donors (Lipinski definition) is 4. The molecule has 0 amide bonds. The monoisotopic (exact) mass is 588 g/mol. The molecule has 35 heavy (non-hydrogen) atoms. The first kappa shape index (κ1) is 27.3. The topological polar surface area (TPSA) is 142 Å². The van der Waals surface area contributed by atoms with E-state index in [1.165, 1.54) is 25.3 Å². The predicted molar refractivity (Wildman–Crippen MR) is 143 cm³/mol. The van der Waals surface area contributed by atoms with Crippen molar-refractivity contribution < 1.29 is 27.7 Å². The first-order valence-electron chi connectivity index (χ1n) is 10.8. The average molecular weight is 589 g/mol. The number of aromatic nitrogens is 1. The number of aromatic hydroxyl groups is 2. The van der Waals surface area contributed by atoms with Gasteiger partial charge in [0, 0.05) is 24.8 Å². The van der Waals surface area contributed by atoms with E-state index in [0.717, 1.165) is 12.7 Å². The second-order valence-electron chi connectivity index (χ2n) is 9.18. The Balaban J connectivity index is 2.13. The number of nitrogens with zero attached hydrogens (tertiary/aromatic N) is 2. The highest BCUT2D eigenvalue weighted by atomic mass is 79.9. The number of benzene rings is 1. The largest absolute Gasteiger partial charge is 0.505 e. The minimum Gasteiger partial charge on any atom is -0.505 e. The molecule has 192 valence electrons. The molecular formula is C22H30BrN4O6PS. The lowest BCUT2D eigenvalue weighted by Gasteiger charge is -2.24. The van der Waals surface area contributed by atoms with E-state index in [2.05, 4.69) is 30.7 Å². The Labute approximate surface area is 213 Å². The van der Waals surface area contributed by atoms with Crippen LogP contribution in [0.25, 0.3) is 0 Å². The number of nitrogens with one attached hydrogen (secondary N) is 2. The molecule has 1 aromatic carbocycles. The van der Waals surface area contributed by atoms with Crippen molar-refractivity contribution in [1.82, 2.24) is 4.57 Å². The summed E-state index contributed by atoms with van der Waals surface area (Å²) in [5.41, 5.74) is 0.573. The van der Waals surface area contributed by atoms with Gasteiger partial charge < -0.3 is 24.6 Å². The second kappa shape index (κ2) is 10.0. The van der Waals surface area contributed by atoms with Crippen LogP contribution in [0, 0.1) is 0 Å². The zero-order valence-corrected chi connectivity index (χ0v) is 23.5. The van der Waals surface area contributed by atoms with Crippen molar-refractivity contribution in [3.05, 3.63) is 40.5 Å². The molecule has 1 aromatic heterocycles. The molecule has 0 saturated heterocycles. The van der Waals surface area contributed by atoms with Crippen LogP contribution in [0.15, 0.2) is 34.0 Å². The summed E-state index contributed by atoms with van der Waals surface area (Å²) in [6.45, 7) is 6.20. The van der Waals surface area contributed by atoms with Crippen molar-refractivity contribution in [2.45, 2.75) is 45.6 Å². The normalized spacial score (nSPS) is 18.3. The van der Waals surface area contributed by atoms with E-state index in [1.54, 1.807) is 9.55 Å². The number of fused-ring (bicyclic) bond motifs is 1. The van der Waals surface area contributed by atoms with Gasteiger partial charge >= 0.3 is 7.52 Å². The number of hydrogen-bond acceptors (Lipinski definition) is 7. The summed E-state index contributed by atoms with van der Waals surface area (Å²) >= 11 is 3.24. The van der Waals surface area contributed by atoms with Crippen LogP contribution in [0.1, 0.15) is 44.9 Å². The highest BCUT2D eigenvalue weighted by molar-refractivity contribution is 9.11. The Hall–Kier alpha value is -2.27. The van der Waals surface area contributed by atoms with Gasteiger partial charge in [0.25, 0.3) is 0 Å². The molecule has 1 aliphatic heterocycles. The Morgan fingerprint density at radius 3 is 2.57 bits per heavy atom. The maximum absolute atomic E-state index is 13.7. The summed E-state index contributed by atoms with van der Waals surface area (Å²) < 4.78 is 50.4.